The van der Waals surface area contributed by atoms with Crippen molar-refractivity contribution in [1.82, 2.24) is 0 Å². The van der Waals surface area contributed by atoms with E-state index in [1.54, 1.807) is 10.8 Å². The predicted molar refractivity (Wildman–Crippen MR) is 67.3 cm³/mol. The summed E-state index contributed by atoms with van der Waals surface area (Å²) in [5.74, 6) is -1.09. The molecule has 2 heterocycles. The van der Waals surface area contributed by atoms with Gasteiger partial charge in [0, 0.05) is 10.8 Å². The van der Waals surface area contributed by atoms with Gasteiger partial charge >= 0.3 is 0 Å². The zero-order chi connectivity index (χ0) is 11.7. The van der Waals surface area contributed by atoms with Gasteiger partial charge in [-0.05, 0) is 12.1 Å². The molecule has 0 spiro atoms. The fraction of sp³-hybridized carbons (Fsp3) is 0. The molecule has 0 fully saturated rings. The molecule has 0 radical (unpaired) electrons. The SMILES string of the molecule is O=C(C(=O)c1cc(Cl)cs1)c1cc(Cl)cs1. The van der Waals surface area contributed by atoms with E-state index in [-0.39, 0.29) is 0 Å². The molecule has 0 N–H and O–H groups in total. The van der Waals surface area contributed by atoms with Crippen LogP contribution >= 0.6 is 45.9 Å². The molecule has 0 saturated carbocycles. The Labute approximate surface area is 109 Å². The van der Waals surface area contributed by atoms with E-state index >= 15 is 0 Å². The molecule has 0 aliphatic rings. The van der Waals surface area contributed by atoms with Gasteiger partial charge in [0.25, 0.3) is 0 Å². The number of halogens is 2. The number of Topliss-reactive ketones (excluding diaryl/α,β-unsaturated/α-hetero) is 2. The zero-order valence-corrected chi connectivity index (χ0v) is 10.8. The molecule has 0 amide bonds. The zero-order valence-electron chi connectivity index (χ0n) is 7.70. The van der Waals surface area contributed by atoms with Crippen molar-refractivity contribution in [3.05, 3.63) is 42.7 Å². The molecule has 0 bridgehead atoms. The molecule has 0 saturated heterocycles. The average molecular weight is 291 g/mol. The van der Waals surface area contributed by atoms with Crippen molar-refractivity contribution in [2.24, 2.45) is 0 Å². The maximum atomic E-state index is 11.7. The lowest BCUT2D eigenvalue weighted by atomic mass is 10.2. The minimum Gasteiger partial charge on any atom is -0.284 e. The second-order valence-electron chi connectivity index (χ2n) is 2.92. The molecule has 0 aliphatic carbocycles. The van der Waals surface area contributed by atoms with Gasteiger partial charge in [-0.25, -0.2) is 0 Å². The average Bonchev–Trinajstić information content (AvgIpc) is 2.85. The monoisotopic (exact) mass is 290 g/mol. The standard InChI is InChI=1S/C10H4Cl2O2S2/c11-5-1-7(15-3-5)9(13)10(14)8-2-6(12)4-16-8/h1-4H. The molecule has 0 aliphatic heterocycles. The number of thiophene rings is 2. The summed E-state index contributed by atoms with van der Waals surface area (Å²) in [7, 11) is 0. The van der Waals surface area contributed by atoms with E-state index < -0.39 is 11.6 Å². The van der Waals surface area contributed by atoms with E-state index in [9.17, 15) is 9.59 Å². The Morgan fingerprint density at radius 3 is 1.50 bits per heavy atom. The normalized spacial score (nSPS) is 10.4. The molecular weight excluding hydrogens is 287 g/mol. The Kier molecular flexibility index (Phi) is 3.44. The third kappa shape index (κ3) is 2.35. The van der Waals surface area contributed by atoms with Crippen LogP contribution in [0, 0.1) is 0 Å². The Morgan fingerprint density at radius 2 is 1.25 bits per heavy atom. The molecule has 0 aromatic carbocycles. The van der Waals surface area contributed by atoms with Crippen molar-refractivity contribution >= 4 is 57.4 Å². The van der Waals surface area contributed by atoms with Crippen LogP contribution in [0.5, 0.6) is 0 Å². The lowest BCUT2D eigenvalue weighted by Gasteiger charge is -1.92. The van der Waals surface area contributed by atoms with Gasteiger partial charge in [-0.3, -0.25) is 9.59 Å². The number of hydrogen-bond donors (Lipinski definition) is 0. The van der Waals surface area contributed by atoms with Crippen molar-refractivity contribution in [2.45, 2.75) is 0 Å². The lowest BCUT2D eigenvalue weighted by molar-refractivity contribution is 0.0821. The Hall–Kier alpha value is -0.680. The molecule has 0 atom stereocenters. The summed E-state index contributed by atoms with van der Waals surface area (Å²) < 4.78 is 0. The summed E-state index contributed by atoms with van der Waals surface area (Å²) in [6, 6.07) is 2.98. The smallest absolute Gasteiger partial charge is 0.244 e. The predicted octanol–water partition coefficient (Wildman–Crippen LogP) is 4.18. The van der Waals surface area contributed by atoms with Crippen LogP contribution in [0.2, 0.25) is 10.0 Å². The number of hydrogen-bond acceptors (Lipinski definition) is 4. The largest absolute Gasteiger partial charge is 0.284 e. The molecule has 6 heteroatoms. The molecular formula is C10H4Cl2O2S2. The van der Waals surface area contributed by atoms with Gasteiger partial charge in [-0.15, -0.1) is 22.7 Å². The number of rotatable bonds is 3. The number of ketones is 2. The molecule has 2 aromatic heterocycles. The first-order chi connectivity index (χ1) is 7.58. The van der Waals surface area contributed by atoms with Crippen molar-refractivity contribution in [3.63, 3.8) is 0 Å². The Balaban J connectivity index is 2.26. The minimum atomic E-state index is -0.546. The quantitative estimate of drug-likeness (QED) is 0.628. The molecule has 2 aromatic rings. The topological polar surface area (TPSA) is 34.1 Å². The van der Waals surface area contributed by atoms with Gasteiger partial charge < -0.3 is 0 Å². The van der Waals surface area contributed by atoms with Gasteiger partial charge in [-0.1, -0.05) is 23.2 Å². The molecule has 2 nitrogen and oxygen atoms in total. The molecule has 82 valence electrons. The summed E-state index contributed by atoms with van der Waals surface area (Å²) in [5, 5.41) is 4.16. The van der Waals surface area contributed by atoms with E-state index in [0.29, 0.717) is 19.8 Å². The van der Waals surface area contributed by atoms with Crippen molar-refractivity contribution in [3.8, 4) is 0 Å². The number of carbonyl (C=O) groups excluding carboxylic acids is 2. The van der Waals surface area contributed by atoms with Crippen LogP contribution in [0.4, 0.5) is 0 Å². The van der Waals surface area contributed by atoms with E-state index in [4.69, 9.17) is 23.2 Å². The maximum absolute atomic E-state index is 11.7. The highest BCUT2D eigenvalue weighted by Gasteiger charge is 2.21. The number of carbonyl (C=O) groups is 2. The lowest BCUT2D eigenvalue weighted by Crippen LogP contribution is -2.11. The van der Waals surface area contributed by atoms with E-state index in [1.165, 1.54) is 12.1 Å². The second kappa shape index (κ2) is 4.67. The molecule has 16 heavy (non-hydrogen) atoms. The van der Waals surface area contributed by atoms with Gasteiger partial charge in [-0.2, -0.15) is 0 Å². The van der Waals surface area contributed by atoms with Gasteiger partial charge in [0.2, 0.25) is 11.6 Å². The van der Waals surface area contributed by atoms with E-state index in [1.807, 2.05) is 0 Å². The van der Waals surface area contributed by atoms with Crippen LogP contribution < -0.4 is 0 Å². The fourth-order valence-electron chi connectivity index (χ4n) is 1.09. The third-order valence-corrected chi connectivity index (χ3v) is 4.34. The van der Waals surface area contributed by atoms with Crippen LogP contribution in [0.3, 0.4) is 0 Å². The summed E-state index contributed by atoms with van der Waals surface area (Å²) in [6.45, 7) is 0. The van der Waals surface area contributed by atoms with Crippen molar-refractivity contribution < 1.29 is 9.59 Å². The maximum Gasteiger partial charge on any atom is 0.244 e. The molecule has 2 rings (SSSR count). The first kappa shape index (κ1) is 11.8. The van der Waals surface area contributed by atoms with Crippen LogP contribution in [-0.4, -0.2) is 11.6 Å². The van der Waals surface area contributed by atoms with E-state index in [2.05, 4.69) is 0 Å². The van der Waals surface area contributed by atoms with Crippen molar-refractivity contribution in [2.75, 3.05) is 0 Å². The highest BCUT2D eigenvalue weighted by atomic mass is 35.5. The van der Waals surface area contributed by atoms with Crippen LogP contribution in [0.1, 0.15) is 19.3 Å². The Bertz CT molecular complexity index is 506. The van der Waals surface area contributed by atoms with Crippen LogP contribution in [-0.2, 0) is 0 Å². The first-order valence-corrected chi connectivity index (χ1v) is 6.66. The second-order valence-corrected chi connectivity index (χ2v) is 5.61. The summed E-state index contributed by atoms with van der Waals surface area (Å²) >= 11 is 13.7. The van der Waals surface area contributed by atoms with Gasteiger partial charge in [0.05, 0.1) is 19.8 Å². The first-order valence-electron chi connectivity index (χ1n) is 4.15. The Morgan fingerprint density at radius 1 is 0.875 bits per heavy atom. The highest BCUT2D eigenvalue weighted by Crippen LogP contribution is 2.24. The minimum absolute atomic E-state index is 0.347. The van der Waals surface area contributed by atoms with Gasteiger partial charge in [0.15, 0.2) is 0 Å². The summed E-state index contributed by atoms with van der Waals surface area (Å²) in [4.78, 5) is 24.2. The van der Waals surface area contributed by atoms with E-state index in [0.717, 1.165) is 22.7 Å². The highest BCUT2D eigenvalue weighted by molar-refractivity contribution is 7.16. The van der Waals surface area contributed by atoms with Crippen LogP contribution in [0.15, 0.2) is 22.9 Å². The van der Waals surface area contributed by atoms with Gasteiger partial charge in [0.1, 0.15) is 0 Å². The van der Waals surface area contributed by atoms with Crippen LogP contribution in [0.25, 0.3) is 0 Å². The molecule has 0 unspecified atom stereocenters. The summed E-state index contributed by atoms with van der Waals surface area (Å²) in [5.41, 5.74) is 0. The summed E-state index contributed by atoms with van der Waals surface area (Å²) in [6.07, 6.45) is 0. The third-order valence-electron chi connectivity index (χ3n) is 1.79. The van der Waals surface area contributed by atoms with Crippen molar-refractivity contribution in [1.29, 1.82) is 0 Å². The fourth-order valence-corrected chi connectivity index (χ4v) is 3.11.